The molecule has 1 fully saturated rings. The summed E-state index contributed by atoms with van der Waals surface area (Å²) in [7, 11) is 0. The average Bonchev–Trinajstić information content (AvgIpc) is 2.96. The van der Waals surface area contributed by atoms with Crippen LogP contribution in [-0.2, 0) is 11.3 Å². The molecular weight excluding hydrogens is 222 g/mol. The second-order valence-electron chi connectivity index (χ2n) is 4.11. The van der Waals surface area contributed by atoms with Gasteiger partial charge >= 0.3 is 5.97 Å². The van der Waals surface area contributed by atoms with Gasteiger partial charge < -0.3 is 10.0 Å². The minimum Gasteiger partial charge on any atom is -0.481 e. The van der Waals surface area contributed by atoms with Crippen LogP contribution in [0.5, 0.6) is 0 Å². The van der Waals surface area contributed by atoms with E-state index in [4.69, 9.17) is 5.11 Å². The first kappa shape index (κ1) is 11.6. The van der Waals surface area contributed by atoms with E-state index in [1.54, 1.807) is 21.8 Å². The van der Waals surface area contributed by atoms with Crippen LogP contribution in [0.4, 0.5) is 0 Å². The molecular formula is C11H15N3O3. The Balaban J connectivity index is 2.09. The van der Waals surface area contributed by atoms with Gasteiger partial charge in [0.1, 0.15) is 5.69 Å². The molecule has 1 aliphatic heterocycles. The van der Waals surface area contributed by atoms with E-state index >= 15 is 0 Å². The predicted molar refractivity (Wildman–Crippen MR) is 59.5 cm³/mol. The van der Waals surface area contributed by atoms with Gasteiger partial charge in [-0.05, 0) is 19.4 Å². The van der Waals surface area contributed by atoms with Crippen molar-refractivity contribution >= 4 is 11.9 Å². The maximum Gasteiger partial charge on any atom is 0.308 e. The zero-order valence-corrected chi connectivity index (χ0v) is 9.67. The monoisotopic (exact) mass is 237 g/mol. The Morgan fingerprint density at radius 1 is 1.59 bits per heavy atom. The normalized spacial score (nSPS) is 19.6. The smallest absolute Gasteiger partial charge is 0.308 e. The lowest BCUT2D eigenvalue weighted by Crippen LogP contribution is -2.31. The molecule has 1 atom stereocenters. The summed E-state index contributed by atoms with van der Waals surface area (Å²) in [5.41, 5.74) is 0.526. The molecule has 0 radical (unpaired) electrons. The van der Waals surface area contributed by atoms with Gasteiger partial charge in [-0.1, -0.05) is 0 Å². The molecule has 1 amide bonds. The number of hydrogen-bond acceptors (Lipinski definition) is 3. The van der Waals surface area contributed by atoms with Gasteiger partial charge in [-0.25, -0.2) is 0 Å². The lowest BCUT2D eigenvalue weighted by atomic mass is 10.1. The molecule has 1 N–H and O–H groups in total. The fourth-order valence-corrected chi connectivity index (χ4v) is 2.07. The summed E-state index contributed by atoms with van der Waals surface area (Å²) in [5.74, 6) is -1.39. The van der Waals surface area contributed by atoms with Crippen molar-refractivity contribution in [1.29, 1.82) is 0 Å². The van der Waals surface area contributed by atoms with Crippen LogP contribution in [0.2, 0.25) is 0 Å². The molecule has 17 heavy (non-hydrogen) atoms. The number of rotatable bonds is 3. The largest absolute Gasteiger partial charge is 0.481 e. The second kappa shape index (κ2) is 4.57. The second-order valence-corrected chi connectivity index (χ2v) is 4.11. The molecule has 0 bridgehead atoms. The Labute approximate surface area is 98.8 Å². The van der Waals surface area contributed by atoms with Crippen LogP contribution in [0, 0.1) is 5.92 Å². The maximum absolute atomic E-state index is 12.1. The number of carbonyl (C=O) groups excluding carboxylic acids is 1. The summed E-state index contributed by atoms with van der Waals surface area (Å²) in [6, 6.07) is 1.67. The van der Waals surface area contributed by atoms with Gasteiger partial charge in [-0.3, -0.25) is 14.3 Å². The van der Waals surface area contributed by atoms with Gasteiger partial charge in [0.05, 0.1) is 5.92 Å². The number of hydrogen-bond donors (Lipinski definition) is 1. The van der Waals surface area contributed by atoms with Crippen molar-refractivity contribution in [1.82, 2.24) is 14.7 Å². The number of aromatic nitrogens is 2. The zero-order valence-electron chi connectivity index (χ0n) is 9.67. The van der Waals surface area contributed by atoms with Crippen molar-refractivity contribution in [2.45, 2.75) is 19.9 Å². The van der Waals surface area contributed by atoms with Crippen LogP contribution in [-0.4, -0.2) is 44.8 Å². The van der Waals surface area contributed by atoms with E-state index in [-0.39, 0.29) is 5.91 Å². The van der Waals surface area contributed by atoms with Gasteiger partial charge in [-0.15, -0.1) is 0 Å². The van der Waals surface area contributed by atoms with Crippen molar-refractivity contribution in [2.75, 3.05) is 13.1 Å². The maximum atomic E-state index is 12.1. The standard InChI is InChI=1S/C11H15N3O3/c1-2-14-9(3-5-12-14)10(15)13-6-4-8(7-13)11(16)17/h3,5,8H,2,4,6-7H2,1H3,(H,16,17). The first-order valence-electron chi connectivity index (χ1n) is 5.67. The fraction of sp³-hybridized carbons (Fsp3) is 0.545. The third-order valence-electron chi connectivity index (χ3n) is 3.06. The van der Waals surface area contributed by atoms with Crippen molar-refractivity contribution in [3.05, 3.63) is 18.0 Å². The number of likely N-dealkylation sites (tertiary alicyclic amines) is 1. The van der Waals surface area contributed by atoms with Gasteiger partial charge in [0.25, 0.3) is 5.91 Å². The zero-order chi connectivity index (χ0) is 12.4. The Hall–Kier alpha value is -1.85. The van der Waals surface area contributed by atoms with E-state index in [2.05, 4.69) is 5.10 Å². The highest BCUT2D eigenvalue weighted by molar-refractivity contribution is 5.93. The van der Waals surface area contributed by atoms with E-state index in [1.807, 2.05) is 6.92 Å². The minimum absolute atomic E-state index is 0.131. The van der Waals surface area contributed by atoms with Crippen LogP contribution in [0.15, 0.2) is 12.3 Å². The Bertz CT molecular complexity index is 441. The van der Waals surface area contributed by atoms with Gasteiger partial charge in [0, 0.05) is 25.8 Å². The fourth-order valence-electron chi connectivity index (χ4n) is 2.07. The van der Waals surface area contributed by atoms with Crippen molar-refractivity contribution in [2.24, 2.45) is 5.92 Å². The van der Waals surface area contributed by atoms with E-state index in [9.17, 15) is 9.59 Å². The molecule has 2 heterocycles. The SMILES string of the molecule is CCn1nccc1C(=O)N1CCC(C(=O)O)C1. The number of amides is 1. The molecule has 6 nitrogen and oxygen atoms in total. The Morgan fingerprint density at radius 2 is 2.35 bits per heavy atom. The molecule has 1 saturated heterocycles. The number of carbonyl (C=O) groups is 2. The lowest BCUT2D eigenvalue weighted by Gasteiger charge is -2.16. The Morgan fingerprint density at radius 3 is 2.94 bits per heavy atom. The van der Waals surface area contributed by atoms with E-state index < -0.39 is 11.9 Å². The molecule has 2 rings (SSSR count). The molecule has 1 unspecified atom stereocenters. The summed E-state index contributed by atoms with van der Waals surface area (Å²) in [4.78, 5) is 24.5. The molecule has 0 aliphatic carbocycles. The molecule has 6 heteroatoms. The number of aryl methyl sites for hydroxylation is 1. The highest BCUT2D eigenvalue weighted by Gasteiger charge is 2.32. The first-order chi connectivity index (χ1) is 8.13. The van der Waals surface area contributed by atoms with Crippen LogP contribution < -0.4 is 0 Å². The van der Waals surface area contributed by atoms with Crippen molar-refractivity contribution in [3.8, 4) is 0 Å². The topological polar surface area (TPSA) is 75.4 Å². The van der Waals surface area contributed by atoms with Crippen LogP contribution in [0.3, 0.4) is 0 Å². The average molecular weight is 237 g/mol. The van der Waals surface area contributed by atoms with E-state index in [0.717, 1.165) is 0 Å². The number of carboxylic acid groups (broad SMARTS) is 1. The van der Waals surface area contributed by atoms with Crippen molar-refractivity contribution in [3.63, 3.8) is 0 Å². The third kappa shape index (κ3) is 2.15. The van der Waals surface area contributed by atoms with Gasteiger partial charge in [0.15, 0.2) is 0 Å². The predicted octanol–water partition coefficient (Wildman–Crippen LogP) is 0.450. The van der Waals surface area contributed by atoms with Crippen LogP contribution >= 0.6 is 0 Å². The number of nitrogens with zero attached hydrogens (tertiary/aromatic N) is 3. The summed E-state index contributed by atoms with van der Waals surface area (Å²) in [5, 5.41) is 12.9. The van der Waals surface area contributed by atoms with Gasteiger partial charge in [-0.2, -0.15) is 5.10 Å². The van der Waals surface area contributed by atoms with Gasteiger partial charge in [0.2, 0.25) is 0 Å². The first-order valence-corrected chi connectivity index (χ1v) is 5.67. The summed E-state index contributed by atoms with van der Waals surface area (Å²) >= 11 is 0. The Kier molecular flexibility index (Phi) is 3.12. The van der Waals surface area contributed by atoms with E-state index in [0.29, 0.717) is 31.7 Å². The lowest BCUT2D eigenvalue weighted by molar-refractivity contribution is -0.141. The third-order valence-corrected chi connectivity index (χ3v) is 3.06. The quantitative estimate of drug-likeness (QED) is 0.828. The summed E-state index contributed by atoms with van der Waals surface area (Å²) in [6.07, 6.45) is 2.11. The molecule has 1 aliphatic rings. The molecule has 92 valence electrons. The molecule has 0 spiro atoms. The molecule has 1 aromatic heterocycles. The summed E-state index contributed by atoms with van der Waals surface area (Å²) < 4.78 is 1.62. The van der Waals surface area contributed by atoms with E-state index in [1.165, 1.54) is 0 Å². The molecule has 0 saturated carbocycles. The molecule has 1 aromatic rings. The van der Waals surface area contributed by atoms with Crippen LogP contribution in [0.1, 0.15) is 23.8 Å². The minimum atomic E-state index is -0.829. The summed E-state index contributed by atoms with van der Waals surface area (Å²) in [6.45, 7) is 3.34. The van der Waals surface area contributed by atoms with Crippen LogP contribution in [0.25, 0.3) is 0 Å². The highest BCUT2D eigenvalue weighted by Crippen LogP contribution is 2.18. The highest BCUT2D eigenvalue weighted by atomic mass is 16.4. The number of aliphatic carboxylic acids is 1. The molecule has 0 aromatic carbocycles. The number of carboxylic acids is 1. The van der Waals surface area contributed by atoms with Crippen molar-refractivity contribution < 1.29 is 14.7 Å².